The van der Waals surface area contributed by atoms with Crippen LogP contribution in [0.1, 0.15) is 0 Å². The van der Waals surface area contributed by atoms with Crippen molar-refractivity contribution in [2.75, 3.05) is 0 Å². The maximum atomic E-state index is 10.4. The monoisotopic (exact) mass is 181 g/mol. The van der Waals surface area contributed by atoms with Crippen LogP contribution in [-0.2, 0) is 0 Å². The van der Waals surface area contributed by atoms with Crippen LogP contribution in [0.4, 0.5) is 5.95 Å². The zero-order valence-electron chi connectivity index (χ0n) is 5.93. The number of nitrogens with zero attached hydrogens (tertiary/aromatic N) is 9. The first-order valence-electron chi connectivity index (χ1n) is 2.97. The third kappa shape index (κ3) is 1.58. The fourth-order valence-corrected chi connectivity index (χ4v) is 0.512. The van der Waals surface area contributed by atoms with Crippen LogP contribution in [-0.4, -0.2) is 40.9 Å². The molecule has 0 atom stereocenters. The molecule has 2 aromatic rings. The highest BCUT2D eigenvalue weighted by Crippen LogP contribution is 1.97. The van der Waals surface area contributed by atoms with Crippen molar-refractivity contribution in [3.05, 3.63) is 0 Å². The second-order valence-corrected chi connectivity index (χ2v) is 1.74. The molecule has 0 aliphatic heterocycles. The molecule has 0 fully saturated rings. The summed E-state index contributed by atoms with van der Waals surface area (Å²) in [6, 6.07) is -0.743. The summed E-state index contributed by atoms with van der Waals surface area (Å²) in [5.74, 6) is 0.00440. The summed E-state index contributed by atoms with van der Waals surface area (Å²) in [5, 5.41) is 38.9. The maximum absolute atomic E-state index is 10.4. The Bertz CT molecular complexity index is 398. The Labute approximate surface area is 69.5 Å². The molecule has 2 aromatic heterocycles. The molecule has 0 amide bonds. The van der Waals surface area contributed by atoms with Gasteiger partial charge in [-0.05, 0) is 20.6 Å². The highest BCUT2D eigenvalue weighted by molar-refractivity contribution is 5.03. The Kier molecular flexibility index (Phi) is 1.60. The van der Waals surface area contributed by atoms with Gasteiger partial charge in [-0.3, -0.25) is 0 Å². The van der Waals surface area contributed by atoms with Gasteiger partial charge < -0.3 is 5.11 Å². The van der Waals surface area contributed by atoms with Crippen LogP contribution < -0.4 is 5.11 Å². The summed E-state index contributed by atoms with van der Waals surface area (Å²) < 4.78 is 0. The summed E-state index contributed by atoms with van der Waals surface area (Å²) in [7, 11) is 0. The molecule has 0 radical (unpaired) electrons. The number of aromatic amines is 1. The van der Waals surface area contributed by atoms with E-state index in [9.17, 15) is 5.11 Å². The predicted molar refractivity (Wildman–Crippen MR) is 31.4 cm³/mol. The average molecular weight is 181 g/mol. The molecule has 0 unspecified atom stereocenters. The van der Waals surface area contributed by atoms with Gasteiger partial charge in [-0.2, -0.15) is 5.21 Å². The summed E-state index contributed by atoms with van der Waals surface area (Å²) in [4.78, 5) is 0.651. The molecule has 66 valence electrons. The molecule has 0 bridgehead atoms. The Morgan fingerprint density at radius 2 is 2.31 bits per heavy atom. The van der Waals surface area contributed by atoms with Gasteiger partial charge in [-0.1, -0.05) is 10.2 Å². The molecule has 11 nitrogen and oxygen atoms in total. The molecule has 13 heavy (non-hydrogen) atoms. The molecule has 1 N–H and O–H groups in total. The van der Waals surface area contributed by atoms with Crippen LogP contribution in [0.2, 0.25) is 0 Å². The summed E-state index contributed by atoms with van der Waals surface area (Å²) >= 11 is 0. The van der Waals surface area contributed by atoms with Crippen molar-refractivity contribution in [1.29, 1.82) is 0 Å². The average Bonchev–Trinajstić information content (AvgIpc) is 2.71. The smallest absolute Gasteiger partial charge is 0.309 e. The lowest BCUT2D eigenvalue weighted by molar-refractivity contribution is -0.282. The first-order chi connectivity index (χ1) is 6.34. The fraction of sp³-hybridized carbons (Fsp3) is 0. The van der Waals surface area contributed by atoms with Gasteiger partial charge in [0.1, 0.15) is 6.01 Å². The predicted octanol–water partition coefficient (Wildman–Crippen LogP) is -2.19. The zero-order chi connectivity index (χ0) is 9.10. The molecule has 0 aliphatic rings. The van der Waals surface area contributed by atoms with Crippen molar-refractivity contribution < 1.29 is 5.11 Å². The zero-order valence-corrected chi connectivity index (χ0v) is 5.93. The highest BCUT2D eigenvalue weighted by Gasteiger charge is 1.94. The number of hydrogen-bond acceptors (Lipinski definition) is 9. The standard InChI is InChI=1S/C2H2N10O/c13-2-6-11-12(7-2)10-5-1-3-8-9-4-1/h(H,7,13)(H,3,4,8,9)/p-1/b10-5+. The van der Waals surface area contributed by atoms with Crippen LogP contribution in [0.25, 0.3) is 0 Å². The molecule has 0 saturated carbocycles. The van der Waals surface area contributed by atoms with Crippen molar-refractivity contribution in [3.63, 3.8) is 0 Å². The van der Waals surface area contributed by atoms with Gasteiger partial charge in [0.2, 0.25) is 0 Å². The van der Waals surface area contributed by atoms with Gasteiger partial charge in [0.25, 0.3) is 0 Å². The number of aromatic nitrogens is 8. The summed E-state index contributed by atoms with van der Waals surface area (Å²) in [6.45, 7) is 0. The number of rotatable bonds is 2. The van der Waals surface area contributed by atoms with Gasteiger partial charge in [0.15, 0.2) is 0 Å². The van der Waals surface area contributed by atoms with Crippen LogP contribution in [0.3, 0.4) is 0 Å². The first kappa shape index (κ1) is 7.20. The topological polar surface area (TPSA) is 146 Å². The van der Waals surface area contributed by atoms with E-state index in [4.69, 9.17) is 0 Å². The van der Waals surface area contributed by atoms with E-state index < -0.39 is 6.01 Å². The van der Waals surface area contributed by atoms with Crippen molar-refractivity contribution >= 4 is 5.95 Å². The third-order valence-corrected chi connectivity index (χ3v) is 0.934. The Morgan fingerprint density at radius 3 is 2.92 bits per heavy atom. The van der Waals surface area contributed by atoms with Crippen molar-refractivity contribution in [2.45, 2.75) is 0 Å². The molecule has 0 saturated heterocycles. The van der Waals surface area contributed by atoms with Gasteiger partial charge in [-0.15, -0.1) is 15.3 Å². The molecular formula is C2HN10O-. The number of hydrogen-bond donors (Lipinski definition) is 1. The Balaban J connectivity index is 2.14. The van der Waals surface area contributed by atoms with Gasteiger partial charge in [-0.25, -0.2) is 0 Å². The van der Waals surface area contributed by atoms with Gasteiger partial charge >= 0.3 is 5.95 Å². The molecule has 2 rings (SSSR count). The van der Waals surface area contributed by atoms with Crippen LogP contribution in [0.15, 0.2) is 10.3 Å². The number of H-pyrrole nitrogens is 1. The Morgan fingerprint density at radius 1 is 1.38 bits per heavy atom. The minimum atomic E-state index is -0.743. The lowest BCUT2D eigenvalue weighted by Gasteiger charge is -1.85. The van der Waals surface area contributed by atoms with E-state index in [2.05, 4.69) is 46.4 Å². The molecule has 0 aromatic carbocycles. The van der Waals surface area contributed by atoms with Gasteiger partial charge in [0, 0.05) is 0 Å². The molecular weight excluding hydrogens is 180 g/mol. The van der Waals surface area contributed by atoms with E-state index in [0.29, 0.717) is 4.91 Å². The summed E-state index contributed by atoms with van der Waals surface area (Å²) in [6.07, 6.45) is 0. The number of nitrogens with one attached hydrogen (secondary N) is 1. The van der Waals surface area contributed by atoms with E-state index in [1.165, 1.54) is 0 Å². The minimum Gasteiger partial charge on any atom is -0.842 e. The van der Waals surface area contributed by atoms with Crippen LogP contribution >= 0.6 is 0 Å². The van der Waals surface area contributed by atoms with E-state index in [1.807, 2.05) is 0 Å². The lowest BCUT2D eigenvalue weighted by atomic mass is 11.1. The van der Waals surface area contributed by atoms with E-state index in [1.54, 1.807) is 0 Å². The molecule has 2 heterocycles. The SMILES string of the molecule is [O-]c1nnn(/N=N/c2nn[nH]n2)n1. The van der Waals surface area contributed by atoms with Crippen molar-refractivity contribution in [1.82, 2.24) is 40.9 Å². The third-order valence-electron chi connectivity index (χ3n) is 0.934. The quantitative estimate of drug-likeness (QED) is 0.517. The van der Waals surface area contributed by atoms with Crippen LogP contribution in [0, 0.1) is 0 Å². The number of tetrazole rings is 2. The summed E-state index contributed by atoms with van der Waals surface area (Å²) in [5.41, 5.74) is 0. The maximum Gasteiger partial charge on any atom is 0.309 e. The minimum absolute atomic E-state index is 0.00440. The molecule has 11 heteroatoms. The van der Waals surface area contributed by atoms with Crippen LogP contribution in [0.5, 0.6) is 6.01 Å². The molecule has 0 spiro atoms. The largest absolute Gasteiger partial charge is 0.842 e. The second kappa shape index (κ2) is 2.88. The second-order valence-electron chi connectivity index (χ2n) is 1.74. The van der Waals surface area contributed by atoms with E-state index in [-0.39, 0.29) is 5.95 Å². The molecule has 0 aliphatic carbocycles. The Hall–Kier alpha value is -2.46. The van der Waals surface area contributed by atoms with Crippen molar-refractivity contribution in [2.24, 2.45) is 10.3 Å². The fourth-order valence-electron chi connectivity index (χ4n) is 0.512. The van der Waals surface area contributed by atoms with E-state index >= 15 is 0 Å². The lowest BCUT2D eigenvalue weighted by Crippen LogP contribution is -1.94. The van der Waals surface area contributed by atoms with E-state index in [0.717, 1.165) is 0 Å². The first-order valence-corrected chi connectivity index (χ1v) is 2.97. The highest BCUT2D eigenvalue weighted by atomic mass is 16.3. The van der Waals surface area contributed by atoms with Gasteiger partial charge in [0.05, 0.1) is 0 Å². The van der Waals surface area contributed by atoms with Crippen molar-refractivity contribution in [3.8, 4) is 6.01 Å². The normalized spacial score (nSPS) is 11.1.